The van der Waals surface area contributed by atoms with Crippen molar-refractivity contribution in [2.45, 2.75) is 43.4 Å². The van der Waals surface area contributed by atoms with Gasteiger partial charge in [0.25, 0.3) is 0 Å². The number of nitrogens with zero attached hydrogens (tertiary/aromatic N) is 2. The number of hydrogen-bond acceptors (Lipinski definition) is 5. The van der Waals surface area contributed by atoms with Crippen molar-refractivity contribution in [2.24, 2.45) is 0 Å². The van der Waals surface area contributed by atoms with Crippen LogP contribution in [0.25, 0.3) is 0 Å². The van der Waals surface area contributed by atoms with Gasteiger partial charge in [0, 0.05) is 44.7 Å². The smallest absolute Gasteiger partial charge is 0.0784 e. The van der Waals surface area contributed by atoms with Gasteiger partial charge in [-0.15, -0.1) is 0 Å². The zero-order chi connectivity index (χ0) is 14.0. The van der Waals surface area contributed by atoms with E-state index in [0.29, 0.717) is 0 Å². The highest BCUT2D eigenvalue weighted by Crippen LogP contribution is 2.36. The number of piperidine rings is 1. The Balaban J connectivity index is 1.76. The van der Waals surface area contributed by atoms with Gasteiger partial charge in [0.15, 0.2) is 0 Å². The summed E-state index contributed by atoms with van der Waals surface area (Å²) in [7, 11) is 2.20. The highest BCUT2D eigenvalue weighted by atomic mass is 16.5. The maximum absolute atomic E-state index is 10.0. The Kier molecular flexibility index (Phi) is 4.62. The first-order chi connectivity index (χ1) is 9.71. The molecule has 3 fully saturated rings. The van der Waals surface area contributed by atoms with E-state index in [2.05, 4.69) is 22.2 Å². The summed E-state index contributed by atoms with van der Waals surface area (Å²) in [5.74, 6) is 0. The van der Waals surface area contributed by atoms with Gasteiger partial charge in [-0.05, 0) is 39.4 Å². The number of likely N-dealkylation sites (N-methyl/N-ethyl adjacent to an activating group) is 1. The van der Waals surface area contributed by atoms with Gasteiger partial charge >= 0.3 is 0 Å². The third kappa shape index (κ3) is 2.88. The summed E-state index contributed by atoms with van der Waals surface area (Å²) in [4.78, 5) is 5.07. The van der Waals surface area contributed by atoms with Crippen LogP contribution in [-0.4, -0.2) is 85.6 Å². The van der Waals surface area contributed by atoms with E-state index in [-0.39, 0.29) is 17.7 Å². The standard InChI is InChI=1S/C15H29N3O2/c1-17-7-9-18(10-8-17)15(3-5-16-6-4-15)14-12-13(19)2-11-20-14/h13-14,16,19H,2-12H2,1H3. The number of aliphatic hydroxyl groups excluding tert-OH is 1. The molecule has 3 aliphatic heterocycles. The van der Waals surface area contributed by atoms with E-state index in [9.17, 15) is 5.11 Å². The van der Waals surface area contributed by atoms with E-state index in [1.807, 2.05) is 0 Å². The van der Waals surface area contributed by atoms with Gasteiger partial charge in [0.05, 0.1) is 12.2 Å². The van der Waals surface area contributed by atoms with E-state index in [1.54, 1.807) is 0 Å². The van der Waals surface area contributed by atoms with Crippen LogP contribution in [0.1, 0.15) is 25.7 Å². The number of piperazine rings is 1. The Morgan fingerprint density at radius 1 is 1.15 bits per heavy atom. The second kappa shape index (κ2) is 6.28. The van der Waals surface area contributed by atoms with Crippen molar-refractivity contribution in [3.05, 3.63) is 0 Å². The van der Waals surface area contributed by atoms with Gasteiger partial charge in [0.2, 0.25) is 0 Å². The molecule has 20 heavy (non-hydrogen) atoms. The van der Waals surface area contributed by atoms with Crippen molar-refractivity contribution in [1.29, 1.82) is 0 Å². The molecule has 0 saturated carbocycles. The fourth-order valence-corrected chi connectivity index (χ4v) is 4.11. The Labute approximate surface area is 122 Å². The first-order valence-corrected chi connectivity index (χ1v) is 8.15. The number of aliphatic hydroxyl groups is 1. The van der Waals surface area contributed by atoms with Crippen LogP contribution >= 0.6 is 0 Å². The number of nitrogens with one attached hydrogen (secondary N) is 1. The van der Waals surface area contributed by atoms with Gasteiger partial charge in [-0.2, -0.15) is 0 Å². The quantitative estimate of drug-likeness (QED) is 0.741. The molecule has 0 bridgehead atoms. The summed E-state index contributed by atoms with van der Waals surface area (Å²) in [6, 6.07) is 0. The van der Waals surface area contributed by atoms with Crippen LogP contribution in [0.3, 0.4) is 0 Å². The van der Waals surface area contributed by atoms with E-state index in [4.69, 9.17) is 4.74 Å². The summed E-state index contributed by atoms with van der Waals surface area (Å²) in [5.41, 5.74) is 0.147. The van der Waals surface area contributed by atoms with Gasteiger partial charge in [-0.3, -0.25) is 4.90 Å². The molecule has 5 heteroatoms. The molecule has 0 amide bonds. The molecule has 0 aromatic heterocycles. The molecule has 0 radical (unpaired) electrons. The lowest BCUT2D eigenvalue weighted by Gasteiger charge is -2.54. The van der Waals surface area contributed by atoms with E-state index in [0.717, 1.165) is 71.6 Å². The molecule has 3 aliphatic rings. The fraction of sp³-hybridized carbons (Fsp3) is 1.00. The summed E-state index contributed by atoms with van der Waals surface area (Å²) < 4.78 is 6.13. The largest absolute Gasteiger partial charge is 0.393 e. The lowest BCUT2D eigenvalue weighted by atomic mass is 9.77. The Morgan fingerprint density at radius 3 is 2.50 bits per heavy atom. The van der Waals surface area contributed by atoms with Crippen LogP contribution in [-0.2, 0) is 4.74 Å². The number of rotatable bonds is 2. The molecule has 5 nitrogen and oxygen atoms in total. The Hall–Kier alpha value is -0.200. The van der Waals surface area contributed by atoms with Crippen LogP contribution in [0.15, 0.2) is 0 Å². The molecule has 0 aromatic carbocycles. The predicted molar refractivity (Wildman–Crippen MR) is 78.9 cm³/mol. The fourth-order valence-electron chi connectivity index (χ4n) is 4.11. The van der Waals surface area contributed by atoms with Crippen molar-refractivity contribution in [2.75, 3.05) is 52.9 Å². The van der Waals surface area contributed by atoms with Crippen molar-refractivity contribution < 1.29 is 9.84 Å². The Bertz CT molecular complexity index is 312. The molecule has 0 aliphatic carbocycles. The van der Waals surface area contributed by atoms with Gasteiger partial charge in [-0.25, -0.2) is 0 Å². The third-order valence-electron chi connectivity index (χ3n) is 5.46. The van der Waals surface area contributed by atoms with E-state index in [1.165, 1.54) is 0 Å². The van der Waals surface area contributed by atoms with Crippen LogP contribution < -0.4 is 5.32 Å². The topological polar surface area (TPSA) is 48.0 Å². The summed E-state index contributed by atoms with van der Waals surface area (Å²) in [5, 5.41) is 13.5. The van der Waals surface area contributed by atoms with Crippen molar-refractivity contribution in [3.8, 4) is 0 Å². The minimum atomic E-state index is -0.173. The molecule has 2 atom stereocenters. The monoisotopic (exact) mass is 283 g/mol. The lowest BCUT2D eigenvalue weighted by molar-refractivity contribution is -0.138. The normalized spacial score (nSPS) is 36.9. The summed E-state index contributed by atoms with van der Waals surface area (Å²) in [6.07, 6.45) is 3.94. The van der Waals surface area contributed by atoms with Crippen molar-refractivity contribution >= 4 is 0 Å². The third-order valence-corrected chi connectivity index (χ3v) is 5.46. The van der Waals surface area contributed by atoms with Gasteiger partial charge in [0.1, 0.15) is 0 Å². The summed E-state index contributed by atoms with van der Waals surface area (Å²) >= 11 is 0. The molecule has 2 unspecified atom stereocenters. The van der Waals surface area contributed by atoms with E-state index >= 15 is 0 Å². The van der Waals surface area contributed by atoms with E-state index < -0.39 is 0 Å². The highest BCUT2D eigenvalue weighted by molar-refractivity contribution is 5.03. The first kappa shape index (κ1) is 14.7. The molecule has 3 saturated heterocycles. The molecule has 116 valence electrons. The number of hydrogen-bond donors (Lipinski definition) is 2. The molecule has 2 N–H and O–H groups in total. The molecule has 3 heterocycles. The molecule has 0 spiro atoms. The second-order valence-corrected chi connectivity index (χ2v) is 6.68. The second-order valence-electron chi connectivity index (χ2n) is 6.68. The van der Waals surface area contributed by atoms with Crippen molar-refractivity contribution in [3.63, 3.8) is 0 Å². The zero-order valence-electron chi connectivity index (χ0n) is 12.7. The zero-order valence-corrected chi connectivity index (χ0v) is 12.7. The van der Waals surface area contributed by atoms with Crippen LogP contribution in [0.2, 0.25) is 0 Å². The lowest BCUT2D eigenvalue weighted by Crippen LogP contribution is -2.66. The SMILES string of the molecule is CN1CCN(C2(C3CC(O)CCO3)CCNCC2)CC1. The van der Waals surface area contributed by atoms with Gasteiger partial charge in [-0.1, -0.05) is 0 Å². The van der Waals surface area contributed by atoms with Crippen LogP contribution in [0, 0.1) is 0 Å². The minimum absolute atomic E-state index is 0.147. The maximum Gasteiger partial charge on any atom is 0.0784 e. The molecule has 3 rings (SSSR count). The average molecular weight is 283 g/mol. The molecule has 0 aromatic rings. The van der Waals surface area contributed by atoms with Crippen LogP contribution in [0.4, 0.5) is 0 Å². The minimum Gasteiger partial charge on any atom is -0.393 e. The number of ether oxygens (including phenoxy) is 1. The summed E-state index contributed by atoms with van der Waals surface area (Å²) in [6.45, 7) is 7.41. The molecular formula is C15H29N3O2. The predicted octanol–water partition coefficient (Wildman–Crippen LogP) is -0.104. The van der Waals surface area contributed by atoms with Gasteiger partial charge < -0.3 is 20.1 Å². The first-order valence-electron chi connectivity index (χ1n) is 8.15. The van der Waals surface area contributed by atoms with Crippen LogP contribution in [0.5, 0.6) is 0 Å². The average Bonchev–Trinajstić information content (AvgIpc) is 2.49. The maximum atomic E-state index is 10.0. The Morgan fingerprint density at radius 2 is 1.85 bits per heavy atom. The van der Waals surface area contributed by atoms with Crippen molar-refractivity contribution in [1.82, 2.24) is 15.1 Å². The molecular weight excluding hydrogens is 254 g/mol. The highest BCUT2D eigenvalue weighted by Gasteiger charge is 2.47.